The van der Waals surface area contributed by atoms with Crippen molar-refractivity contribution >= 4 is 5.91 Å². The summed E-state index contributed by atoms with van der Waals surface area (Å²) in [6.45, 7) is 4.74. The number of hydrogen-bond acceptors (Lipinski definition) is 6. The Labute approximate surface area is 188 Å². The molecule has 1 amide bonds. The predicted octanol–water partition coefficient (Wildman–Crippen LogP) is 2.45. The van der Waals surface area contributed by atoms with Crippen molar-refractivity contribution in [3.05, 3.63) is 69.6 Å². The molecule has 0 saturated heterocycles. The minimum atomic E-state index is -0.729. The van der Waals surface area contributed by atoms with Crippen molar-refractivity contribution in [2.24, 2.45) is 5.18 Å². The van der Waals surface area contributed by atoms with E-state index in [4.69, 9.17) is 4.74 Å². The van der Waals surface area contributed by atoms with Gasteiger partial charge >= 0.3 is 0 Å². The topological polar surface area (TPSA) is 82.4 Å². The molecule has 1 N–H and O–H groups in total. The summed E-state index contributed by atoms with van der Waals surface area (Å²) in [5, 5.41) is 12.7. The van der Waals surface area contributed by atoms with Crippen LogP contribution in [0.5, 0.6) is 5.75 Å². The average Bonchev–Trinajstić information content (AvgIpc) is 2.95. The van der Waals surface area contributed by atoms with Crippen molar-refractivity contribution in [2.75, 3.05) is 32.8 Å². The number of hydrogen-bond donors (Lipinski definition) is 1. The van der Waals surface area contributed by atoms with Gasteiger partial charge in [0, 0.05) is 31.7 Å². The van der Waals surface area contributed by atoms with Crippen LogP contribution in [0.2, 0.25) is 0 Å². The van der Waals surface area contributed by atoms with Crippen LogP contribution in [0, 0.1) is 16.7 Å². The Morgan fingerprint density at radius 3 is 2.75 bits per heavy atom. The molecular weight excluding hydrogens is 406 g/mol. The van der Waals surface area contributed by atoms with Crippen LogP contribution in [0.1, 0.15) is 34.0 Å². The van der Waals surface area contributed by atoms with Gasteiger partial charge in [-0.25, -0.2) is 0 Å². The molecule has 0 aromatic heterocycles. The van der Waals surface area contributed by atoms with Crippen LogP contribution in [0.3, 0.4) is 0 Å². The molecule has 2 heterocycles. The first-order valence-corrected chi connectivity index (χ1v) is 10.9. The quantitative estimate of drug-likeness (QED) is 0.579. The second-order valence-electron chi connectivity index (χ2n) is 8.27. The molecule has 0 radical (unpaired) electrons. The fourth-order valence-electron chi connectivity index (χ4n) is 4.18. The second-order valence-corrected chi connectivity index (χ2v) is 8.27. The van der Waals surface area contributed by atoms with Crippen LogP contribution in [-0.2, 0) is 13.0 Å². The van der Waals surface area contributed by atoms with Crippen LogP contribution in [0.15, 0.2) is 47.6 Å². The number of benzene rings is 2. The zero-order valence-corrected chi connectivity index (χ0v) is 18.2. The molecule has 32 heavy (non-hydrogen) atoms. The number of fused-ring (bicyclic) bond motifs is 2. The van der Waals surface area contributed by atoms with Gasteiger partial charge in [-0.2, -0.15) is 4.91 Å². The highest BCUT2D eigenvalue weighted by Crippen LogP contribution is 2.25. The molecule has 2 aromatic carbocycles. The fourth-order valence-corrected chi connectivity index (χ4v) is 4.18. The minimum Gasteiger partial charge on any atom is -0.491 e. The zero-order chi connectivity index (χ0) is 22.5. The number of rotatable bonds is 5. The Balaban J connectivity index is 1.43. The van der Waals surface area contributed by atoms with Crippen molar-refractivity contribution in [3.63, 3.8) is 0 Å². The second kappa shape index (κ2) is 9.94. The Bertz CT molecular complexity index is 1060. The summed E-state index contributed by atoms with van der Waals surface area (Å²) >= 11 is 0. The maximum Gasteiger partial charge on any atom is 0.257 e. The van der Waals surface area contributed by atoms with E-state index in [0.29, 0.717) is 36.6 Å². The minimum absolute atomic E-state index is 0.176. The highest BCUT2D eigenvalue weighted by molar-refractivity contribution is 5.97. The summed E-state index contributed by atoms with van der Waals surface area (Å²) in [5.74, 6) is 5.85. The van der Waals surface area contributed by atoms with Crippen LogP contribution < -0.4 is 4.74 Å². The summed E-state index contributed by atoms with van der Waals surface area (Å²) in [5.41, 5.74) is 3.75. The van der Waals surface area contributed by atoms with Crippen molar-refractivity contribution in [1.29, 1.82) is 0 Å². The summed E-state index contributed by atoms with van der Waals surface area (Å²) in [6.07, 6.45) is 0.222. The number of amides is 1. The van der Waals surface area contributed by atoms with Crippen LogP contribution >= 0.6 is 0 Å². The number of carbonyl (C=O) groups excluding carboxylic acids is 1. The molecule has 7 nitrogen and oxygen atoms in total. The molecular formula is C25H27N3O4. The number of carbonyl (C=O) groups is 1. The molecule has 2 atom stereocenters. The largest absolute Gasteiger partial charge is 0.491 e. The normalized spacial score (nSPS) is 17.7. The Morgan fingerprint density at radius 2 is 1.97 bits per heavy atom. The van der Waals surface area contributed by atoms with E-state index in [1.165, 1.54) is 11.1 Å². The number of aliphatic hydroxyl groups excluding tert-OH is 1. The molecule has 0 saturated carbocycles. The van der Waals surface area contributed by atoms with Crippen molar-refractivity contribution in [1.82, 2.24) is 9.80 Å². The molecule has 2 aromatic rings. The number of nitroso groups, excluding NO2 is 1. The first-order chi connectivity index (χ1) is 15.5. The van der Waals surface area contributed by atoms with Gasteiger partial charge in [0.1, 0.15) is 24.5 Å². The highest BCUT2D eigenvalue weighted by Gasteiger charge is 2.28. The van der Waals surface area contributed by atoms with E-state index in [-0.39, 0.29) is 12.5 Å². The first kappa shape index (κ1) is 22.0. The van der Waals surface area contributed by atoms with E-state index >= 15 is 0 Å². The SMILES string of the molecule is CC(O)C#Cc1ccc2c(c1)OCCN(CC(CN1CCc3ccccc3C1)N=O)C2=O. The monoisotopic (exact) mass is 433 g/mol. The van der Waals surface area contributed by atoms with E-state index in [1.807, 2.05) is 6.07 Å². The van der Waals surface area contributed by atoms with Gasteiger partial charge in [-0.3, -0.25) is 9.69 Å². The van der Waals surface area contributed by atoms with Gasteiger partial charge in [0.25, 0.3) is 5.91 Å². The maximum atomic E-state index is 13.1. The molecule has 2 aliphatic heterocycles. The van der Waals surface area contributed by atoms with E-state index in [9.17, 15) is 14.8 Å². The maximum absolute atomic E-state index is 13.1. The third-order valence-electron chi connectivity index (χ3n) is 5.80. The summed E-state index contributed by atoms with van der Waals surface area (Å²) < 4.78 is 5.79. The predicted molar refractivity (Wildman–Crippen MR) is 121 cm³/mol. The molecule has 166 valence electrons. The summed E-state index contributed by atoms with van der Waals surface area (Å²) in [6, 6.07) is 13.0. The standard InChI is InChI=1S/C25H27N3O4/c1-18(29)6-7-19-8-9-23-24(14-19)32-13-12-28(25(23)30)17-22(26-31)16-27-11-10-20-4-2-3-5-21(20)15-27/h2-5,8-9,14,18,22,29H,10-13,15-17H2,1H3. The summed E-state index contributed by atoms with van der Waals surface area (Å²) in [4.78, 5) is 28.6. The third-order valence-corrected chi connectivity index (χ3v) is 5.80. The average molecular weight is 434 g/mol. The van der Waals surface area contributed by atoms with Gasteiger partial charge in [-0.1, -0.05) is 41.3 Å². The molecule has 2 aliphatic rings. The van der Waals surface area contributed by atoms with Crippen LogP contribution in [0.4, 0.5) is 0 Å². The van der Waals surface area contributed by atoms with E-state index in [2.05, 4.69) is 40.1 Å². The number of aliphatic hydroxyl groups is 1. The summed E-state index contributed by atoms with van der Waals surface area (Å²) in [7, 11) is 0. The molecule has 7 heteroatoms. The molecule has 0 fully saturated rings. The van der Waals surface area contributed by atoms with Crippen molar-refractivity contribution in [2.45, 2.75) is 32.0 Å². The fraction of sp³-hybridized carbons (Fsp3) is 0.400. The lowest BCUT2D eigenvalue weighted by atomic mass is 9.99. The van der Waals surface area contributed by atoms with Crippen molar-refractivity contribution < 1.29 is 14.6 Å². The smallest absolute Gasteiger partial charge is 0.257 e. The van der Waals surface area contributed by atoms with Crippen LogP contribution in [0.25, 0.3) is 0 Å². The lowest BCUT2D eigenvalue weighted by molar-refractivity contribution is 0.0734. The molecule has 0 bridgehead atoms. The van der Waals surface area contributed by atoms with Gasteiger partial charge in [-0.15, -0.1) is 0 Å². The van der Waals surface area contributed by atoms with Gasteiger partial charge in [0.05, 0.1) is 12.1 Å². The molecule has 4 rings (SSSR count). The van der Waals surface area contributed by atoms with E-state index < -0.39 is 12.1 Å². The third kappa shape index (κ3) is 5.16. The molecule has 0 spiro atoms. The van der Waals surface area contributed by atoms with E-state index in [1.54, 1.807) is 30.0 Å². The Kier molecular flexibility index (Phi) is 6.84. The van der Waals surface area contributed by atoms with Gasteiger partial charge < -0.3 is 14.7 Å². The number of nitrogens with zero attached hydrogens (tertiary/aromatic N) is 3. The zero-order valence-electron chi connectivity index (χ0n) is 18.2. The molecule has 2 unspecified atom stereocenters. The lowest BCUT2D eigenvalue weighted by Gasteiger charge is -2.31. The Hall–Kier alpha value is -3.21. The van der Waals surface area contributed by atoms with Gasteiger partial charge in [0.2, 0.25) is 0 Å². The van der Waals surface area contributed by atoms with Gasteiger partial charge in [0.15, 0.2) is 0 Å². The number of ether oxygens (including phenoxy) is 1. The first-order valence-electron chi connectivity index (χ1n) is 10.9. The van der Waals surface area contributed by atoms with Crippen molar-refractivity contribution in [3.8, 4) is 17.6 Å². The molecule has 0 aliphatic carbocycles. The highest BCUT2D eigenvalue weighted by atomic mass is 16.5. The Morgan fingerprint density at radius 1 is 1.16 bits per heavy atom. The van der Waals surface area contributed by atoms with Crippen LogP contribution in [-0.4, -0.2) is 65.7 Å². The lowest BCUT2D eigenvalue weighted by Crippen LogP contribution is -2.43. The van der Waals surface area contributed by atoms with Gasteiger partial charge in [-0.05, 0) is 42.7 Å². The van der Waals surface area contributed by atoms with E-state index in [0.717, 1.165) is 19.5 Å².